The highest BCUT2D eigenvalue weighted by Crippen LogP contribution is 2.23. The number of nitriles is 1. The number of hydrogen-bond donors (Lipinski definition) is 2. The Morgan fingerprint density at radius 3 is 2.68 bits per heavy atom. The third kappa shape index (κ3) is 2.67. The van der Waals surface area contributed by atoms with Gasteiger partial charge in [-0.05, 0) is 32.9 Å². The summed E-state index contributed by atoms with van der Waals surface area (Å²) in [4.78, 5) is 4.48. The number of pyridine rings is 1. The van der Waals surface area contributed by atoms with Crippen LogP contribution < -0.4 is 5.32 Å². The molecule has 2 rings (SSSR count). The van der Waals surface area contributed by atoms with Crippen molar-refractivity contribution in [2.45, 2.75) is 32.4 Å². The first-order chi connectivity index (χ1) is 8.94. The molecule has 0 radical (unpaired) electrons. The summed E-state index contributed by atoms with van der Waals surface area (Å²) in [7, 11) is 0. The Morgan fingerprint density at radius 2 is 2.05 bits per heavy atom. The predicted molar refractivity (Wildman–Crippen MR) is 75.8 cm³/mol. The van der Waals surface area contributed by atoms with Gasteiger partial charge in [0, 0.05) is 5.39 Å². The Bertz CT molecular complexity index is 641. The number of aliphatic hydroxyl groups is 1. The van der Waals surface area contributed by atoms with E-state index in [1.807, 2.05) is 38.1 Å². The van der Waals surface area contributed by atoms with Crippen LogP contribution in [-0.2, 0) is 0 Å². The van der Waals surface area contributed by atoms with Gasteiger partial charge >= 0.3 is 0 Å². The van der Waals surface area contributed by atoms with Crippen LogP contribution in [0.3, 0.4) is 0 Å². The number of rotatable bonds is 3. The van der Waals surface area contributed by atoms with Gasteiger partial charge in [0.05, 0.1) is 28.8 Å². The monoisotopic (exact) mass is 255 g/mol. The lowest BCUT2D eigenvalue weighted by Crippen LogP contribution is -2.42. The van der Waals surface area contributed by atoms with Crippen molar-refractivity contribution in [3.8, 4) is 6.07 Å². The van der Waals surface area contributed by atoms with E-state index >= 15 is 0 Å². The third-order valence-electron chi connectivity index (χ3n) is 3.33. The molecule has 2 N–H and O–H groups in total. The molecule has 1 atom stereocenters. The summed E-state index contributed by atoms with van der Waals surface area (Å²) in [5.41, 5.74) is 0.835. The van der Waals surface area contributed by atoms with Crippen molar-refractivity contribution in [1.29, 1.82) is 5.26 Å². The standard InChI is InChI=1S/C15H17N3O/c1-10(19)15(2,3)18-14-8-11(9-16)12-6-4-5-7-13(12)17-14/h4-8,10,19H,1-3H3,(H,17,18). The molecule has 1 heterocycles. The van der Waals surface area contributed by atoms with E-state index in [9.17, 15) is 10.4 Å². The smallest absolute Gasteiger partial charge is 0.128 e. The van der Waals surface area contributed by atoms with Gasteiger partial charge in [-0.2, -0.15) is 5.26 Å². The van der Waals surface area contributed by atoms with Crippen LogP contribution in [0.5, 0.6) is 0 Å². The van der Waals surface area contributed by atoms with E-state index < -0.39 is 11.6 Å². The highest BCUT2D eigenvalue weighted by molar-refractivity contribution is 5.86. The van der Waals surface area contributed by atoms with E-state index in [0.29, 0.717) is 11.4 Å². The zero-order valence-electron chi connectivity index (χ0n) is 11.3. The lowest BCUT2D eigenvalue weighted by Gasteiger charge is -2.30. The molecule has 19 heavy (non-hydrogen) atoms. The molecule has 0 aliphatic rings. The lowest BCUT2D eigenvalue weighted by molar-refractivity contribution is 0.133. The summed E-state index contributed by atoms with van der Waals surface area (Å²) in [5, 5.41) is 22.9. The number of hydrogen-bond acceptors (Lipinski definition) is 4. The van der Waals surface area contributed by atoms with E-state index in [-0.39, 0.29) is 0 Å². The van der Waals surface area contributed by atoms with Gasteiger partial charge in [-0.25, -0.2) is 4.98 Å². The molecule has 1 unspecified atom stereocenters. The first-order valence-electron chi connectivity index (χ1n) is 6.20. The second-order valence-electron chi connectivity index (χ2n) is 5.21. The van der Waals surface area contributed by atoms with Crippen molar-refractivity contribution >= 4 is 16.7 Å². The summed E-state index contributed by atoms with van der Waals surface area (Å²) < 4.78 is 0. The largest absolute Gasteiger partial charge is 0.391 e. The van der Waals surface area contributed by atoms with Crippen molar-refractivity contribution in [3.05, 3.63) is 35.9 Å². The Morgan fingerprint density at radius 1 is 1.37 bits per heavy atom. The molecule has 0 bridgehead atoms. The van der Waals surface area contributed by atoms with E-state index in [2.05, 4.69) is 16.4 Å². The van der Waals surface area contributed by atoms with Gasteiger partial charge in [0.15, 0.2) is 0 Å². The maximum absolute atomic E-state index is 9.73. The fourth-order valence-corrected chi connectivity index (χ4v) is 1.77. The molecule has 0 spiro atoms. The van der Waals surface area contributed by atoms with Gasteiger partial charge in [-0.15, -0.1) is 0 Å². The summed E-state index contributed by atoms with van der Waals surface area (Å²) in [6.45, 7) is 5.50. The molecule has 0 aliphatic heterocycles. The van der Waals surface area contributed by atoms with Gasteiger partial charge in [-0.3, -0.25) is 0 Å². The summed E-state index contributed by atoms with van der Waals surface area (Å²) in [6, 6.07) is 11.4. The second kappa shape index (κ2) is 4.87. The van der Waals surface area contributed by atoms with Crippen molar-refractivity contribution in [1.82, 2.24) is 4.98 Å². The average Bonchev–Trinajstić information content (AvgIpc) is 2.37. The Labute approximate surface area is 112 Å². The van der Waals surface area contributed by atoms with Crippen LogP contribution in [0.25, 0.3) is 10.9 Å². The molecular weight excluding hydrogens is 238 g/mol. The number of aromatic nitrogens is 1. The number of aliphatic hydroxyl groups excluding tert-OH is 1. The van der Waals surface area contributed by atoms with Gasteiger partial charge in [0.25, 0.3) is 0 Å². The molecule has 1 aromatic carbocycles. The number of nitrogens with one attached hydrogen (secondary N) is 1. The molecule has 1 aromatic heterocycles. The van der Waals surface area contributed by atoms with E-state index in [4.69, 9.17) is 0 Å². The molecule has 0 saturated carbocycles. The molecule has 0 aliphatic carbocycles. The molecule has 4 heteroatoms. The molecule has 0 amide bonds. The maximum atomic E-state index is 9.73. The van der Waals surface area contributed by atoms with Crippen LogP contribution in [0.1, 0.15) is 26.3 Å². The summed E-state index contributed by atoms with van der Waals surface area (Å²) in [6.07, 6.45) is -0.536. The fraction of sp³-hybridized carbons (Fsp3) is 0.333. The van der Waals surface area contributed by atoms with E-state index in [1.54, 1.807) is 13.0 Å². The molecule has 98 valence electrons. The van der Waals surface area contributed by atoms with Crippen LogP contribution in [0.15, 0.2) is 30.3 Å². The topological polar surface area (TPSA) is 68.9 Å². The van der Waals surface area contributed by atoms with Crippen LogP contribution >= 0.6 is 0 Å². The van der Waals surface area contributed by atoms with Crippen molar-refractivity contribution in [3.63, 3.8) is 0 Å². The van der Waals surface area contributed by atoms with E-state index in [1.165, 1.54) is 0 Å². The van der Waals surface area contributed by atoms with Crippen molar-refractivity contribution < 1.29 is 5.11 Å². The average molecular weight is 255 g/mol. The van der Waals surface area contributed by atoms with Crippen LogP contribution in [0.2, 0.25) is 0 Å². The minimum Gasteiger partial charge on any atom is -0.391 e. The Kier molecular flexibility index (Phi) is 3.41. The third-order valence-corrected chi connectivity index (χ3v) is 3.33. The van der Waals surface area contributed by atoms with Crippen LogP contribution in [-0.4, -0.2) is 21.7 Å². The summed E-state index contributed by atoms with van der Waals surface area (Å²) in [5.74, 6) is 0.598. The minimum atomic E-state index is -0.536. The second-order valence-corrected chi connectivity index (χ2v) is 5.21. The van der Waals surface area contributed by atoms with E-state index in [0.717, 1.165) is 10.9 Å². The van der Waals surface area contributed by atoms with Gasteiger partial charge in [0.1, 0.15) is 5.82 Å². The fourth-order valence-electron chi connectivity index (χ4n) is 1.77. The van der Waals surface area contributed by atoms with Gasteiger partial charge in [0.2, 0.25) is 0 Å². The normalized spacial score (nSPS) is 13.0. The van der Waals surface area contributed by atoms with Crippen molar-refractivity contribution in [2.24, 2.45) is 0 Å². The molecule has 2 aromatic rings. The molecular formula is C15H17N3O. The molecule has 4 nitrogen and oxygen atoms in total. The number of fused-ring (bicyclic) bond motifs is 1. The van der Waals surface area contributed by atoms with Crippen molar-refractivity contribution in [2.75, 3.05) is 5.32 Å². The zero-order valence-corrected chi connectivity index (χ0v) is 11.3. The highest BCUT2D eigenvalue weighted by atomic mass is 16.3. The van der Waals surface area contributed by atoms with Gasteiger partial charge < -0.3 is 10.4 Å². The minimum absolute atomic E-state index is 0.512. The number of anilines is 1. The van der Waals surface area contributed by atoms with Crippen LogP contribution in [0.4, 0.5) is 5.82 Å². The first-order valence-corrected chi connectivity index (χ1v) is 6.20. The summed E-state index contributed by atoms with van der Waals surface area (Å²) >= 11 is 0. The predicted octanol–water partition coefficient (Wildman–Crippen LogP) is 2.68. The quantitative estimate of drug-likeness (QED) is 0.884. The SMILES string of the molecule is CC(O)C(C)(C)Nc1cc(C#N)c2ccccc2n1. The number of nitrogens with zero attached hydrogens (tertiary/aromatic N) is 2. The Balaban J connectivity index is 2.49. The molecule has 0 fully saturated rings. The zero-order chi connectivity index (χ0) is 14.0. The number of benzene rings is 1. The number of para-hydroxylation sites is 1. The highest BCUT2D eigenvalue weighted by Gasteiger charge is 2.24. The first kappa shape index (κ1) is 13.3. The maximum Gasteiger partial charge on any atom is 0.128 e. The molecule has 0 saturated heterocycles. The van der Waals surface area contributed by atoms with Crippen LogP contribution in [0, 0.1) is 11.3 Å². The lowest BCUT2D eigenvalue weighted by atomic mass is 9.98. The Hall–Kier alpha value is -2.12. The van der Waals surface area contributed by atoms with Gasteiger partial charge in [-0.1, -0.05) is 18.2 Å².